The second kappa shape index (κ2) is 12.7. The smallest absolute Gasteiger partial charge is 0.264 e. The van der Waals surface area contributed by atoms with Gasteiger partial charge in [0.15, 0.2) is 0 Å². The Morgan fingerprint density at radius 2 is 1.62 bits per heavy atom. The van der Waals surface area contributed by atoms with E-state index in [-0.39, 0.29) is 17.3 Å². The average Bonchev–Trinajstić information content (AvgIpc) is 2.89. The van der Waals surface area contributed by atoms with Gasteiger partial charge in [0, 0.05) is 17.1 Å². The molecule has 1 N–H and O–H groups in total. The number of hydrogen-bond acceptors (Lipinski definition) is 5. The molecule has 0 heterocycles. The summed E-state index contributed by atoms with van der Waals surface area (Å²) in [4.78, 5) is 28.5. The van der Waals surface area contributed by atoms with Gasteiger partial charge in [0.25, 0.3) is 10.0 Å². The fourth-order valence-electron chi connectivity index (χ4n) is 4.03. The molecule has 3 aromatic rings. The Hall–Kier alpha value is -3.56. The Balaban J connectivity index is 2.03. The van der Waals surface area contributed by atoms with Gasteiger partial charge >= 0.3 is 0 Å². The topological polar surface area (TPSA) is 96.0 Å². The van der Waals surface area contributed by atoms with Crippen LogP contribution in [0.3, 0.4) is 0 Å². The molecule has 0 radical (unpaired) electrons. The van der Waals surface area contributed by atoms with Crippen molar-refractivity contribution in [1.82, 2.24) is 10.2 Å². The summed E-state index contributed by atoms with van der Waals surface area (Å²) in [6.07, 6.45) is 0. The number of amides is 2. The number of aryl methyl sites for hydroxylation is 1. The van der Waals surface area contributed by atoms with Crippen molar-refractivity contribution in [3.63, 3.8) is 0 Å². The number of methoxy groups -OCH3 is 1. The predicted molar refractivity (Wildman–Crippen MR) is 158 cm³/mol. The maximum absolute atomic E-state index is 14.0. The quantitative estimate of drug-likeness (QED) is 0.353. The van der Waals surface area contributed by atoms with Crippen LogP contribution in [0.2, 0.25) is 5.02 Å². The van der Waals surface area contributed by atoms with E-state index in [1.54, 1.807) is 56.5 Å². The third-order valence-corrected chi connectivity index (χ3v) is 8.19. The Labute approximate surface area is 241 Å². The van der Waals surface area contributed by atoms with Crippen molar-refractivity contribution >= 4 is 39.1 Å². The molecule has 0 saturated heterocycles. The number of nitrogens with one attached hydrogen (secondary N) is 1. The minimum atomic E-state index is -4.16. The van der Waals surface area contributed by atoms with Crippen LogP contribution in [0, 0.1) is 6.92 Å². The molecule has 3 aromatic carbocycles. The number of benzene rings is 3. The average molecular weight is 586 g/mol. The van der Waals surface area contributed by atoms with Gasteiger partial charge in [-0.2, -0.15) is 0 Å². The lowest BCUT2D eigenvalue weighted by molar-refractivity contribution is -0.140. The molecule has 1 atom stereocenters. The van der Waals surface area contributed by atoms with Crippen molar-refractivity contribution in [3.05, 3.63) is 88.9 Å². The number of halogens is 1. The molecule has 0 aromatic heterocycles. The van der Waals surface area contributed by atoms with Crippen molar-refractivity contribution in [2.45, 2.75) is 57.6 Å². The van der Waals surface area contributed by atoms with Crippen molar-refractivity contribution in [1.29, 1.82) is 0 Å². The summed E-state index contributed by atoms with van der Waals surface area (Å²) in [5, 5.41) is 3.31. The number of nitrogens with zero attached hydrogens (tertiary/aromatic N) is 2. The molecule has 0 aliphatic rings. The summed E-state index contributed by atoms with van der Waals surface area (Å²) in [7, 11) is -2.60. The summed E-state index contributed by atoms with van der Waals surface area (Å²) >= 11 is 6.00. The van der Waals surface area contributed by atoms with E-state index in [1.165, 1.54) is 29.2 Å². The van der Waals surface area contributed by atoms with Crippen molar-refractivity contribution < 1.29 is 22.7 Å². The molecule has 40 heavy (non-hydrogen) atoms. The molecule has 0 aliphatic carbocycles. The lowest BCUT2D eigenvalue weighted by Crippen LogP contribution is -2.54. The van der Waals surface area contributed by atoms with E-state index in [4.69, 9.17) is 16.3 Å². The molecule has 1 unspecified atom stereocenters. The molecular formula is C30H36ClN3O5S. The van der Waals surface area contributed by atoms with E-state index in [0.29, 0.717) is 16.5 Å². The SMILES string of the molecule is COc1ccc(CN(C(=O)CN(c2cccc(C)c2)S(=O)(=O)c2ccc(Cl)cc2)C(C)C(=O)NC(C)(C)C)cc1. The lowest BCUT2D eigenvalue weighted by atomic mass is 10.1. The molecule has 214 valence electrons. The van der Waals surface area contributed by atoms with Gasteiger partial charge in [-0.3, -0.25) is 13.9 Å². The van der Waals surface area contributed by atoms with Gasteiger partial charge in [-0.05, 0) is 94.3 Å². The number of rotatable bonds is 10. The van der Waals surface area contributed by atoms with Crippen LogP contribution in [0.25, 0.3) is 0 Å². The number of carbonyl (C=O) groups is 2. The zero-order chi connectivity index (χ0) is 29.7. The number of carbonyl (C=O) groups excluding carboxylic acids is 2. The molecule has 2 amide bonds. The first-order chi connectivity index (χ1) is 18.7. The third kappa shape index (κ3) is 7.99. The summed E-state index contributed by atoms with van der Waals surface area (Å²) in [6, 6.07) is 18.9. The van der Waals surface area contributed by atoms with Crippen LogP contribution in [-0.2, 0) is 26.2 Å². The highest BCUT2D eigenvalue weighted by molar-refractivity contribution is 7.92. The van der Waals surface area contributed by atoms with E-state index in [0.717, 1.165) is 15.4 Å². The highest BCUT2D eigenvalue weighted by Crippen LogP contribution is 2.26. The Bertz CT molecular complexity index is 1440. The number of hydrogen-bond donors (Lipinski definition) is 1. The number of ether oxygens (including phenoxy) is 1. The van der Waals surface area contributed by atoms with Crippen LogP contribution >= 0.6 is 11.6 Å². The molecule has 0 spiro atoms. The molecule has 3 rings (SSSR count). The van der Waals surface area contributed by atoms with Gasteiger partial charge in [-0.1, -0.05) is 35.9 Å². The first kappa shape index (κ1) is 31.0. The summed E-state index contributed by atoms with van der Waals surface area (Å²) in [5.41, 5.74) is 1.40. The van der Waals surface area contributed by atoms with Crippen LogP contribution in [0.1, 0.15) is 38.8 Å². The minimum Gasteiger partial charge on any atom is -0.497 e. The number of anilines is 1. The largest absolute Gasteiger partial charge is 0.497 e. The molecule has 0 saturated carbocycles. The maximum atomic E-state index is 14.0. The normalized spacial score (nSPS) is 12.4. The van der Waals surface area contributed by atoms with E-state index in [9.17, 15) is 18.0 Å². The van der Waals surface area contributed by atoms with Crippen LogP contribution in [0.15, 0.2) is 77.7 Å². The minimum absolute atomic E-state index is 0.00793. The van der Waals surface area contributed by atoms with E-state index in [2.05, 4.69) is 5.32 Å². The van der Waals surface area contributed by atoms with Crippen LogP contribution in [-0.4, -0.2) is 50.4 Å². The first-order valence-corrected chi connectivity index (χ1v) is 14.6. The first-order valence-electron chi connectivity index (χ1n) is 12.8. The monoisotopic (exact) mass is 585 g/mol. The maximum Gasteiger partial charge on any atom is 0.264 e. The van der Waals surface area contributed by atoms with Crippen molar-refractivity contribution in [3.8, 4) is 5.75 Å². The highest BCUT2D eigenvalue weighted by atomic mass is 35.5. The standard InChI is InChI=1S/C30H36ClN3O5S/c1-21-8-7-9-25(18-21)34(40(37,38)27-16-12-24(31)13-17-27)20-28(35)33(22(2)29(36)32-30(3,4)5)19-23-10-14-26(39-6)15-11-23/h7-18,22H,19-20H2,1-6H3,(H,32,36). The fraction of sp³-hybridized carbons (Fsp3) is 0.333. The van der Waals surface area contributed by atoms with E-state index >= 15 is 0 Å². The van der Waals surface area contributed by atoms with E-state index in [1.807, 2.05) is 33.8 Å². The van der Waals surface area contributed by atoms with E-state index < -0.39 is 34.1 Å². The zero-order valence-electron chi connectivity index (χ0n) is 23.6. The lowest BCUT2D eigenvalue weighted by Gasteiger charge is -2.33. The summed E-state index contributed by atoms with van der Waals surface area (Å²) in [6.45, 7) is 8.60. The third-order valence-electron chi connectivity index (χ3n) is 6.15. The predicted octanol–water partition coefficient (Wildman–Crippen LogP) is 5.18. The summed E-state index contributed by atoms with van der Waals surface area (Å²) < 4.78 is 34.0. The molecule has 0 bridgehead atoms. The Morgan fingerprint density at radius 3 is 2.17 bits per heavy atom. The van der Waals surface area contributed by atoms with Gasteiger partial charge in [0.1, 0.15) is 18.3 Å². The van der Waals surface area contributed by atoms with Crippen LogP contribution < -0.4 is 14.4 Å². The molecule has 0 fully saturated rings. The van der Waals surface area contributed by atoms with Crippen LogP contribution in [0.5, 0.6) is 5.75 Å². The van der Waals surface area contributed by atoms with Gasteiger partial charge in [-0.15, -0.1) is 0 Å². The zero-order valence-corrected chi connectivity index (χ0v) is 25.2. The second-order valence-electron chi connectivity index (χ2n) is 10.6. The summed E-state index contributed by atoms with van der Waals surface area (Å²) in [5.74, 6) is -0.233. The van der Waals surface area contributed by atoms with Crippen molar-refractivity contribution in [2.24, 2.45) is 0 Å². The van der Waals surface area contributed by atoms with Gasteiger partial charge in [0.05, 0.1) is 17.7 Å². The number of sulfonamides is 1. The molecular weight excluding hydrogens is 550 g/mol. The van der Waals surface area contributed by atoms with Gasteiger partial charge < -0.3 is 15.0 Å². The van der Waals surface area contributed by atoms with Crippen molar-refractivity contribution in [2.75, 3.05) is 18.0 Å². The molecule has 0 aliphatic heterocycles. The van der Waals surface area contributed by atoms with Gasteiger partial charge in [-0.25, -0.2) is 8.42 Å². The van der Waals surface area contributed by atoms with Crippen LogP contribution in [0.4, 0.5) is 5.69 Å². The molecule has 10 heteroatoms. The Morgan fingerprint density at radius 1 is 1.00 bits per heavy atom. The highest BCUT2D eigenvalue weighted by Gasteiger charge is 2.33. The second-order valence-corrected chi connectivity index (χ2v) is 12.9. The van der Waals surface area contributed by atoms with Gasteiger partial charge in [0.2, 0.25) is 11.8 Å². The Kier molecular flexibility index (Phi) is 9.87. The fourth-order valence-corrected chi connectivity index (χ4v) is 5.56. The molecule has 8 nitrogen and oxygen atoms in total.